The number of nitrogens with zero attached hydrogens (tertiary/aromatic N) is 1. The normalized spacial score (nSPS) is 10.7. The molecule has 2 N–H and O–H groups in total. The summed E-state index contributed by atoms with van der Waals surface area (Å²) < 4.78 is 5.25. The maximum atomic E-state index is 5.89. The van der Waals surface area contributed by atoms with Crippen LogP contribution in [-0.2, 0) is 6.42 Å². The maximum Gasteiger partial charge on any atom is 0.127 e. The van der Waals surface area contributed by atoms with Gasteiger partial charge >= 0.3 is 0 Å². The van der Waals surface area contributed by atoms with Crippen molar-refractivity contribution in [2.24, 2.45) is 0 Å². The van der Waals surface area contributed by atoms with Gasteiger partial charge in [0.25, 0.3) is 0 Å². The van der Waals surface area contributed by atoms with Crippen molar-refractivity contribution in [2.45, 2.75) is 20.3 Å². The van der Waals surface area contributed by atoms with Crippen LogP contribution in [0.15, 0.2) is 18.2 Å². The summed E-state index contributed by atoms with van der Waals surface area (Å²) in [6, 6.07) is 6.06. The SMILES string of the molecule is CCc1cc2cc(OC)cc(C)c2nc1N. The molecule has 0 aliphatic rings. The topological polar surface area (TPSA) is 48.1 Å². The quantitative estimate of drug-likeness (QED) is 0.839. The highest BCUT2D eigenvalue weighted by atomic mass is 16.5. The number of benzene rings is 1. The Morgan fingerprint density at radius 3 is 2.69 bits per heavy atom. The number of aryl methyl sites for hydroxylation is 2. The Bertz CT molecular complexity index is 535. The first-order valence-electron chi connectivity index (χ1n) is 5.39. The van der Waals surface area contributed by atoms with Crippen molar-refractivity contribution >= 4 is 16.7 Å². The summed E-state index contributed by atoms with van der Waals surface area (Å²) in [6.45, 7) is 4.09. The third-order valence-electron chi connectivity index (χ3n) is 2.81. The summed E-state index contributed by atoms with van der Waals surface area (Å²) in [7, 11) is 1.67. The van der Waals surface area contributed by atoms with Gasteiger partial charge in [0.1, 0.15) is 11.6 Å². The van der Waals surface area contributed by atoms with Crippen LogP contribution in [0.3, 0.4) is 0 Å². The van der Waals surface area contributed by atoms with Crippen molar-refractivity contribution in [1.82, 2.24) is 4.98 Å². The average molecular weight is 216 g/mol. The van der Waals surface area contributed by atoms with Crippen molar-refractivity contribution < 1.29 is 4.74 Å². The molecule has 3 heteroatoms. The molecule has 0 aliphatic heterocycles. The molecule has 3 nitrogen and oxygen atoms in total. The fourth-order valence-corrected chi connectivity index (χ4v) is 1.89. The van der Waals surface area contributed by atoms with Gasteiger partial charge in [-0.25, -0.2) is 4.98 Å². The summed E-state index contributed by atoms with van der Waals surface area (Å²) in [4.78, 5) is 4.44. The number of hydrogen-bond acceptors (Lipinski definition) is 3. The second-order valence-corrected chi connectivity index (χ2v) is 3.90. The van der Waals surface area contributed by atoms with E-state index in [1.54, 1.807) is 7.11 Å². The number of nitrogen functional groups attached to an aromatic ring is 1. The van der Waals surface area contributed by atoms with E-state index in [9.17, 15) is 0 Å². The number of pyridine rings is 1. The van der Waals surface area contributed by atoms with Gasteiger partial charge in [-0.1, -0.05) is 6.92 Å². The average Bonchev–Trinajstić information content (AvgIpc) is 2.29. The first-order chi connectivity index (χ1) is 7.65. The van der Waals surface area contributed by atoms with Crippen LogP contribution in [0.1, 0.15) is 18.1 Å². The number of anilines is 1. The van der Waals surface area contributed by atoms with Gasteiger partial charge in [0.2, 0.25) is 0 Å². The van der Waals surface area contributed by atoms with Crippen LogP contribution in [0.4, 0.5) is 5.82 Å². The van der Waals surface area contributed by atoms with E-state index in [-0.39, 0.29) is 0 Å². The van der Waals surface area contributed by atoms with Gasteiger partial charge in [0, 0.05) is 5.39 Å². The van der Waals surface area contributed by atoms with Crippen LogP contribution in [0.25, 0.3) is 10.9 Å². The van der Waals surface area contributed by atoms with Crippen LogP contribution in [0, 0.1) is 6.92 Å². The van der Waals surface area contributed by atoms with Gasteiger partial charge < -0.3 is 10.5 Å². The molecule has 1 aromatic carbocycles. The van der Waals surface area contributed by atoms with E-state index < -0.39 is 0 Å². The van der Waals surface area contributed by atoms with Gasteiger partial charge in [0.05, 0.1) is 12.6 Å². The Morgan fingerprint density at radius 1 is 1.31 bits per heavy atom. The number of ether oxygens (including phenoxy) is 1. The third-order valence-corrected chi connectivity index (χ3v) is 2.81. The van der Waals surface area contributed by atoms with E-state index in [4.69, 9.17) is 10.5 Å². The molecule has 2 rings (SSSR count). The van der Waals surface area contributed by atoms with Crippen molar-refractivity contribution in [3.8, 4) is 5.75 Å². The number of rotatable bonds is 2. The number of fused-ring (bicyclic) bond motifs is 1. The van der Waals surface area contributed by atoms with Crippen LogP contribution in [0.5, 0.6) is 5.75 Å². The Labute approximate surface area is 95.2 Å². The van der Waals surface area contributed by atoms with Crippen LogP contribution >= 0.6 is 0 Å². The molecule has 0 saturated heterocycles. The molecule has 1 heterocycles. The highest BCUT2D eigenvalue weighted by Gasteiger charge is 2.06. The number of aromatic nitrogens is 1. The monoisotopic (exact) mass is 216 g/mol. The standard InChI is InChI=1S/C13H16N2O/c1-4-9-6-10-7-11(16-3)5-8(2)12(10)15-13(9)14/h5-7H,4H2,1-3H3,(H2,14,15). The number of hydrogen-bond donors (Lipinski definition) is 1. The minimum Gasteiger partial charge on any atom is -0.497 e. The molecule has 0 spiro atoms. The lowest BCUT2D eigenvalue weighted by molar-refractivity contribution is 0.415. The van der Waals surface area contributed by atoms with E-state index >= 15 is 0 Å². The predicted molar refractivity (Wildman–Crippen MR) is 66.8 cm³/mol. The Morgan fingerprint density at radius 2 is 2.06 bits per heavy atom. The highest BCUT2D eigenvalue weighted by Crippen LogP contribution is 2.26. The molecular weight excluding hydrogens is 200 g/mol. The molecule has 2 aromatic rings. The lowest BCUT2D eigenvalue weighted by Gasteiger charge is -2.09. The molecule has 1 aromatic heterocycles. The van der Waals surface area contributed by atoms with E-state index in [2.05, 4.69) is 18.0 Å². The summed E-state index contributed by atoms with van der Waals surface area (Å²) in [5.41, 5.74) is 9.02. The number of nitrogens with two attached hydrogens (primary N) is 1. The van der Waals surface area contributed by atoms with Crippen molar-refractivity contribution in [1.29, 1.82) is 0 Å². The molecular formula is C13H16N2O. The molecule has 0 saturated carbocycles. The lowest BCUT2D eigenvalue weighted by Crippen LogP contribution is -1.98. The first kappa shape index (κ1) is 10.7. The van der Waals surface area contributed by atoms with E-state index in [1.807, 2.05) is 19.1 Å². The molecule has 0 radical (unpaired) electrons. The first-order valence-corrected chi connectivity index (χ1v) is 5.39. The lowest BCUT2D eigenvalue weighted by atomic mass is 10.1. The van der Waals surface area contributed by atoms with Crippen molar-refractivity contribution in [2.75, 3.05) is 12.8 Å². The molecule has 0 amide bonds. The zero-order chi connectivity index (χ0) is 11.7. The summed E-state index contributed by atoms with van der Waals surface area (Å²) in [5.74, 6) is 1.49. The fourth-order valence-electron chi connectivity index (χ4n) is 1.89. The molecule has 84 valence electrons. The van der Waals surface area contributed by atoms with Crippen LogP contribution in [-0.4, -0.2) is 12.1 Å². The van der Waals surface area contributed by atoms with Crippen LogP contribution < -0.4 is 10.5 Å². The molecule has 0 atom stereocenters. The van der Waals surface area contributed by atoms with E-state index in [0.29, 0.717) is 5.82 Å². The molecule has 16 heavy (non-hydrogen) atoms. The van der Waals surface area contributed by atoms with Gasteiger partial charge in [0.15, 0.2) is 0 Å². The van der Waals surface area contributed by atoms with Gasteiger partial charge in [-0.3, -0.25) is 0 Å². The van der Waals surface area contributed by atoms with Crippen molar-refractivity contribution in [3.05, 3.63) is 29.3 Å². The minimum atomic E-state index is 0.628. The summed E-state index contributed by atoms with van der Waals surface area (Å²) >= 11 is 0. The summed E-state index contributed by atoms with van der Waals surface area (Å²) in [6.07, 6.45) is 0.894. The molecule has 0 bridgehead atoms. The smallest absolute Gasteiger partial charge is 0.127 e. The highest BCUT2D eigenvalue weighted by molar-refractivity contribution is 5.85. The van der Waals surface area contributed by atoms with Gasteiger partial charge in [-0.05, 0) is 42.7 Å². The predicted octanol–water partition coefficient (Wildman–Crippen LogP) is 2.70. The van der Waals surface area contributed by atoms with E-state index in [1.165, 1.54) is 0 Å². The third kappa shape index (κ3) is 1.69. The number of methoxy groups -OCH3 is 1. The zero-order valence-electron chi connectivity index (χ0n) is 9.87. The van der Waals surface area contributed by atoms with E-state index in [0.717, 1.165) is 34.2 Å². The molecule has 0 aliphatic carbocycles. The fraction of sp³-hybridized carbons (Fsp3) is 0.308. The Balaban J connectivity index is 2.75. The summed E-state index contributed by atoms with van der Waals surface area (Å²) in [5, 5.41) is 1.09. The largest absolute Gasteiger partial charge is 0.497 e. The van der Waals surface area contributed by atoms with Crippen molar-refractivity contribution in [3.63, 3.8) is 0 Å². The molecule has 0 fully saturated rings. The maximum absolute atomic E-state index is 5.89. The molecule has 0 unspecified atom stereocenters. The zero-order valence-corrected chi connectivity index (χ0v) is 9.87. The second kappa shape index (κ2) is 4.00. The second-order valence-electron chi connectivity index (χ2n) is 3.90. The van der Waals surface area contributed by atoms with Gasteiger partial charge in [-0.15, -0.1) is 0 Å². The Kier molecular flexibility index (Phi) is 2.69. The minimum absolute atomic E-state index is 0.628. The van der Waals surface area contributed by atoms with Crippen LogP contribution in [0.2, 0.25) is 0 Å². The van der Waals surface area contributed by atoms with Gasteiger partial charge in [-0.2, -0.15) is 0 Å². The Hall–Kier alpha value is -1.77.